The topological polar surface area (TPSA) is 55.4 Å². The minimum Gasteiger partial charge on any atom is -0.492 e. The molecule has 21 heavy (non-hydrogen) atoms. The molecule has 0 aliphatic rings. The van der Waals surface area contributed by atoms with Crippen LogP contribution in [-0.4, -0.2) is 21.6 Å². The van der Waals surface area contributed by atoms with E-state index in [4.69, 9.17) is 4.74 Å². The fourth-order valence-electron chi connectivity index (χ4n) is 1.70. The number of benzene rings is 2. The zero-order valence-electron chi connectivity index (χ0n) is 11.3. The molecule has 4 nitrogen and oxygen atoms in total. The Kier molecular flexibility index (Phi) is 5.78. The third kappa shape index (κ3) is 4.84. The Bertz CT molecular complexity index is 657. The molecule has 0 heterocycles. The summed E-state index contributed by atoms with van der Waals surface area (Å²) in [5.41, 5.74) is 1.03. The van der Waals surface area contributed by atoms with Crippen molar-refractivity contribution < 1.29 is 13.2 Å². The predicted molar refractivity (Wildman–Crippen MR) is 86.2 cm³/mol. The number of hydrogen-bond acceptors (Lipinski definition) is 3. The zero-order valence-corrected chi connectivity index (χ0v) is 13.7. The molecule has 112 valence electrons. The van der Waals surface area contributed by atoms with Crippen molar-refractivity contribution in [3.8, 4) is 5.75 Å². The van der Waals surface area contributed by atoms with Gasteiger partial charge in [-0.05, 0) is 29.8 Å². The molecule has 6 heteroatoms. The maximum absolute atomic E-state index is 12.1. The van der Waals surface area contributed by atoms with Gasteiger partial charge >= 0.3 is 0 Å². The normalized spacial score (nSPS) is 11.3. The predicted octanol–water partition coefficient (Wildman–Crippen LogP) is 2.94. The van der Waals surface area contributed by atoms with Gasteiger partial charge in [-0.15, -0.1) is 0 Å². The summed E-state index contributed by atoms with van der Waals surface area (Å²) in [5, 5.41) is 0.700. The molecule has 0 aliphatic heterocycles. The Labute approximate surface area is 133 Å². The van der Waals surface area contributed by atoms with Crippen molar-refractivity contribution >= 4 is 26.0 Å². The summed E-state index contributed by atoms with van der Waals surface area (Å²) in [5.74, 6) is 0.721. The smallest absolute Gasteiger partial charge is 0.240 e. The van der Waals surface area contributed by atoms with Gasteiger partial charge < -0.3 is 4.74 Å². The van der Waals surface area contributed by atoms with Crippen LogP contribution in [0.4, 0.5) is 0 Å². The minimum atomic E-state index is -3.48. The fourth-order valence-corrected chi connectivity index (χ4v) is 3.09. The van der Waals surface area contributed by atoms with Crippen molar-refractivity contribution in [2.45, 2.75) is 10.2 Å². The van der Waals surface area contributed by atoms with Gasteiger partial charge in [0.2, 0.25) is 10.0 Å². The summed E-state index contributed by atoms with van der Waals surface area (Å²) >= 11 is 3.32. The molecule has 0 aliphatic carbocycles. The monoisotopic (exact) mass is 369 g/mol. The highest BCUT2D eigenvalue weighted by Crippen LogP contribution is 2.12. The Morgan fingerprint density at radius 1 is 1.00 bits per heavy atom. The molecule has 2 aromatic rings. The number of halogens is 1. The van der Waals surface area contributed by atoms with Crippen LogP contribution in [0.15, 0.2) is 59.5 Å². The van der Waals surface area contributed by atoms with Gasteiger partial charge in [-0.2, -0.15) is 0 Å². The van der Waals surface area contributed by atoms with Crippen molar-refractivity contribution in [1.82, 2.24) is 4.72 Å². The fraction of sp³-hybridized carbons (Fsp3) is 0.200. The van der Waals surface area contributed by atoms with Crippen LogP contribution in [0.1, 0.15) is 5.56 Å². The molecule has 0 saturated carbocycles. The highest BCUT2D eigenvalue weighted by atomic mass is 79.9. The molecular weight excluding hydrogens is 354 g/mol. The highest BCUT2D eigenvalue weighted by molar-refractivity contribution is 9.08. The van der Waals surface area contributed by atoms with E-state index in [9.17, 15) is 8.42 Å². The van der Waals surface area contributed by atoms with Crippen LogP contribution in [0, 0.1) is 0 Å². The van der Waals surface area contributed by atoms with Crippen LogP contribution >= 0.6 is 15.9 Å². The van der Waals surface area contributed by atoms with Crippen LogP contribution < -0.4 is 9.46 Å². The van der Waals surface area contributed by atoms with Gasteiger partial charge in [0, 0.05) is 11.9 Å². The van der Waals surface area contributed by atoms with Gasteiger partial charge in [-0.25, -0.2) is 13.1 Å². The first kappa shape index (κ1) is 16.0. The number of para-hydroxylation sites is 1. The van der Waals surface area contributed by atoms with E-state index in [2.05, 4.69) is 20.7 Å². The number of sulfonamides is 1. The van der Waals surface area contributed by atoms with E-state index in [1.807, 2.05) is 30.3 Å². The Hall–Kier alpha value is -1.37. The first-order valence-electron chi connectivity index (χ1n) is 6.44. The van der Waals surface area contributed by atoms with Crippen molar-refractivity contribution in [2.75, 3.05) is 13.2 Å². The van der Waals surface area contributed by atoms with Crippen LogP contribution in [0.2, 0.25) is 0 Å². The van der Waals surface area contributed by atoms with Gasteiger partial charge in [-0.3, -0.25) is 0 Å². The van der Waals surface area contributed by atoms with Crippen molar-refractivity contribution in [3.63, 3.8) is 0 Å². The number of hydrogen-bond donors (Lipinski definition) is 1. The molecule has 2 rings (SSSR count). The van der Waals surface area contributed by atoms with Gasteiger partial charge in [0.05, 0.1) is 4.90 Å². The first-order chi connectivity index (χ1) is 10.1. The highest BCUT2D eigenvalue weighted by Gasteiger charge is 2.12. The molecule has 0 saturated heterocycles. The molecule has 1 N–H and O–H groups in total. The van der Waals surface area contributed by atoms with Crippen molar-refractivity contribution in [3.05, 3.63) is 60.2 Å². The lowest BCUT2D eigenvalue weighted by Gasteiger charge is -2.08. The van der Waals surface area contributed by atoms with Gasteiger partial charge in [0.15, 0.2) is 0 Å². The van der Waals surface area contributed by atoms with E-state index in [0.29, 0.717) is 5.33 Å². The number of rotatable bonds is 7. The lowest BCUT2D eigenvalue weighted by molar-refractivity contribution is 0.323. The molecule has 0 radical (unpaired) electrons. The summed E-state index contributed by atoms with van der Waals surface area (Å²) in [7, 11) is -3.48. The quantitative estimate of drug-likeness (QED) is 0.602. The van der Waals surface area contributed by atoms with Crippen molar-refractivity contribution in [2.24, 2.45) is 0 Å². The first-order valence-corrected chi connectivity index (χ1v) is 9.05. The maximum Gasteiger partial charge on any atom is 0.240 e. The van der Waals surface area contributed by atoms with E-state index < -0.39 is 10.0 Å². The Morgan fingerprint density at radius 2 is 1.67 bits per heavy atom. The standard InChI is InChI=1S/C15H16BrNO3S/c16-12-13-6-8-15(9-7-13)21(18,19)17-10-11-20-14-4-2-1-3-5-14/h1-9,17H,10-12H2. The molecule has 0 spiro atoms. The lowest BCUT2D eigenvalue weighted by atomic mass is 10.2. The third-order valence-electron chi connectivity index (χ3n) is 2.79. The SMILES string of the molecule is O=S(=O)(NCCOc1ccccc1)c1ccc(CBr)cc1. The number of ether oxygens (including phenoxy) is 1. The second kappa shape index (κ2) is 7.59. The van der Waals surface area contributed by atoms with Crippen LogP contribution in [0.25, 0.3) is 0 Å². The molecule has 2 aromatic carbocycles. The molecular formula is C15H16BrNO3S. The van der Waals surface area contributed by atoms with E-state index in [0.717, 1.165) is 11.3 Å². The Morgan fingerprint density at radius 3 is 2.29 bits per heavy atom. The second-order valence-corrected chi connectivity index (χ2v) is 6.66. The van der Waals surface area contributed by atoms with Gasteiger partial charge in [-0.1, -0.05) is 46.3 Å². The van der Waals surface area contributed by atoms with E-state index in [1.54, 1.807) is 24.3 Å². The summed E-state index contributed by atoms with van der Waals surface area (Å²) in [6.45, 7) is 0.500. The summed E-state index contributed by atoms with van der Waals surface area (Å²) in [6.07, 6.45) is 0. The van der Waals surface area contributed by atoms with Crippen LogP contribution in [-0.2, 0) is 15.4 Å². The largest absolute Gasteiger partial charge is 0.492 e. The summed E-state index contributed by atoms with van der Waals surface area (Å²) in [4.78, 5) is 0.256. The minimum absolute atomic E-state index is 0.220. The average molecular weight is 370 g/mol. The molecule has 0 fully saturated rings. The van der Waals surface area contributed by atoms with Crippen LogP contribution in [0.3, 0.4) is 0 Å². The zero-order chi connectivity index (χ0) is 15.1. The lowest BCUT2D eigenvalue weighted by Crippen LogP contribution is -2.28. The average Bonchev–Trinajstić information content (AvgIpc) is 2.53. The van der Waals surface area contributed by atoms with Crippen molar-refractivity contribution in [1.29, 1.82) is 0 Å². The molecule has 0 unspecified atom stereocenters. The molecule has 0 bridgehead atoms. The number of nitrogens with one attached hydrogen (secondary N) is 1. The third-order valence-corrected chi connectivity index (χ3v) is 4.92. The summed E-state index contributed by atoms with van der Waals surface area (Å²) in [6, 6.07) is 16.0. The molecule has 0 atom stereocenters. The number of alkyl halides is 1. The van der Waals surface area contributed by atoms with E-state index >= 15 is 0 Å². The van der Waals surface area contributed by atoms with Gasteiger partial charge in [0.25, 0.3) is 0 Å². The molecule has 0 aromatic heterocycles. The van der Waals surface area contributed by atoms with E-state index in [-0.39, 0.29) is 18.0 Å². The second-order valence-electron chi connectivity index (χ2n) is 4.34. The van der Waals surface area contributed by atoms with Crippen LogP contribution in [0.5, 0.6) is 5.75 Å². The molecule has 0 amide bonds. The maximum atomic E-state index is 12.1. The van der Waals surface area contributed by atoms with Gasteiger partial charge in [0.1, 0.15) is 12.4 Å². The summed E-state index contributed by atoms with van der Waals surface area (Å²) < 4.78 is 32.1. The van der Waals surface area contributed by atoms with E-state index in [1.165, 1.54) is 0 Å². The Balaban J connectivity index is 1.86.